The van der Waals surface area contributed by atoms with Gasteiger partial charge in [-0.3, -0.25) is 4.79 Å². The number of carboxylic acids is 1. The number of aliphatic carboxylic acids is 1. The van der Waals surface area contributed by atoms with Crippen LogP contribution in [0.5, 0.6) is 5.75 Å². The molecule has 1 unspecified atom stereocenters. The Hall–Kier alpha value is -1.82. The van der Waals surface area contributed by atoms with Crippen LogP contribution >= 0.6 is 0 Å². The normalized spacial score (nSPS) is 17.9. The fraction of sp³-hybridized carbons (Fsp3) is 0.250. The molecule has 0 spiro atoms. The molecule has 0 saturated heterocycles. The number of hydrogen-bond donors (Lipinski definition) is 2. The van der Waals surface area contributed by atoms with Crippen molar-refractivity contribution in [2.24, 2.45) is 5.92 Å². The number of sulfone groups is 1. The van der Waals surface area contributed by atoms with Gasteiger partial charge in [-0.2, -0.15) is 0 Å². The monoisotopic (exact) mass is 268 g/mol. The molecule has 1 aliphatic heterocycles. The molecule has 96 valence electrons. The zero-order valence-corrected chi connectivity index (χ0v) is 10.4. The van der Waals surface area contributed by atoms with Crippen molar-refractivity contribution in [3.8, 4) is 5.75 Å². The molecule has 1 heterocycles. The Labute approximate surface area is 104 Å². The predicted molar refractivity (Wildman–Crippen MR) is 64.7 cm³/mol. The smallest absolute Gasteiger partial charge is 0.303 e. The molecule has 2 N–H and O–H groups in total. The van der Waals surface area contributed by atoms with E-state index in [1.54, 1.807) is 6.92 Å². The largest absolute Gasteiger partial charge is 0.507 e. The third-order valence-electron chi connectivity index (χ3n) is 2.90. The zero-order valence-electron chi connectivity index (χ0n) is 9.62. The molecular weight excluding hydrogens is 256 g/mol. The second-order valence-electron chi connectivity index (χ2n) is 4.24. The van der Waals surface area contributed by atoms with Gasteiger partial charge in [0.1, 0.15) is 5.75 Å². The number of phenolic OH excluding ortho intramolecular Hbond substituents is 1. The maximum absolute atomic E-state index is 12.2. The molecule has 2 rings (SSSR count). The fourth-order valence-electron chi connectivity index (χ4n) is 2.03. The lowest BCUT2D eigenvalue weighted by Gasteiger charge is -2.10. The van der Waals surface area contributed by atoms with Crippen LogP contribution in [0.15, 0.2) is 28.0 Å². The van der Waals surface area contributed by atoms with Crippen molar-refractivity contribution in [2.75, 3.05) is 0 Å². The molecule has 1 aromatic rings. The number of carboxylic acid groups (broad SMARTS) is 1. The Morgan fingerprint density at radius 3 is 2.61 bits per heavy atom. The minimum atomic E-state index is -3.68. The standard InChI is InChI=1S/C12H12O5S/c1-7(5-12(14)15)11-6-8-9(13)3-2-4-10(8)18(11,16)17/h2-4,6-7,13H,5H2,1H3,(H,14,15). The molecule has 0 aliphatic carbocycles. The fourth-order valence-corrected chi connectivity index (χ4v) is 3.88. The summed E-state index contributed by atoms with van der Waals surface area (Å²) in [6, 6.07) is 4.25. The van der Waals surface area contributed by atoms with Gasteiger partial charge in [-0.25, -0.2) is 8.42 Å². The van der Waals surface area contributed by atoms with Crippen LogP contribution in [-0.4, -0.2) is 24.6 Å². The highest BCUT2D eigenvalue weighted by Crippen LogP contribution is 2.41. The molecule has 1 aromatic carbocycles. The number of carbonyl (C=O) groups is 1. The van der Waals surface area contributed by atoms with E-state index in [1.807, 2.05) is 0 Å². The van der Waals surface area contributed by atoms with Gasteiger partial charge in [-0.05, 0) is 18.2 Å². The van der Waals surface area contributed by atoms with Crippen molar-refractivity contribution in [1.29, 1.82) is 0 Å². The van der Waals surface area contributed by atoms with Gasteiger partial charge < -0.3 is 10.2 Å². The maximum Gasteiger partial charge on any atom is 0.303 e. The minimum Gasteiger partial charge on any atom is -0.507 e. The van der Waals surface area contributed by atoms with E-state index in [4.69, 9.17) is 5.11 Å². The Bertz CT molecular complexity index is 642. The number of allylic oxidation sites excluding steroid dienone is 1. The summed E-state index contributed by atoms with van der Waals surface area (Å²) in [6.45, 7) is 1.54. The number of rotatable bonds is 3. The van der Waals surface area contributed by atoms with E-state index >= 15 is 0 Å². The summed E-state index contributed by atoms with van der Waals surface area (Å²) in [5.41, 5.74) is 0.240. The number of fused-ring (bicyclic) bond motifs is 1. The van der Waals surface area contributed by atoms with Gasteiger partial charge in [0.2, 0.25) is 9.84 Å². The second-order valence-corrected chi connectivity index (χ2v) is 6.16. The molecule has 6 heteroatoms. The van der Waals surface area contributed by atoms with Crippen molar-refractivity contribution >= 4 is 21.9 Å². The molecule has 1 aliphatic rings. The molecule has 0 amide bonds. The van der Waals surface area contributed by atoms with Gasteiger partial charge in [0.05, 0.1) is 16.2 Å². The third kappa shape index (κ3) is 1.88. The quantitative estimate of drug-likeness (QED) is 0.869. The number of benzene rings is 1. The summed E-state index contributed by atoms with van der Waals surface area (Å²) in [6.07, 6.45) is 1.09. The van der Waals surface area contributed by atoms with Gasteiger partial charge in [-0.1, -0.05) is 13.0 Å². The second kappa shape index (κ2) is 4.13. The maximum atomic E-state index is 12.2. The average molecular weight is 268 g/mol. The van der Waals surface area contributed by atoms with E-state index in [1.165, 1.54) is 24.3 Å². The van der Waals surface area contributed by atoms with Crippen LogP contribution in [0.25, 0.3) is 6.08 Å². The highest BCUT2D eigenvalue weighted by molar-refractivity contribution is 7.95. The molecule has 0 radical (unpaired) electrons. The Kier molecular flexibility index (Phi) is 2.90. The summed E-state index contributed by atoms with van der Waals surface area (Å²) in [4.78, 5) is 10.7. The first-order valence-electron chi connectivity index (χ1n) is 5.34. The molecule has 1 atom stereocenters. The number of aromatic hydroxyl groups is 1. The van der Waals surface area contributed by atoms with Gasteiger partial charge >= 0.3 is 5.97 Å². The zero-order chi connectivity index (χ0) is 13.5. The van der Waals surface area contributed by atoms with Crippen molar-refractivity contribution < 1.29 is 23.4 Å². The van der Waals surface area contributed by atoms with Crippen molar-refractivity contribution in [3.05, 3.63) is 28.7 Å². The van der Waals surface area contributed by atoms with E-state index < -0.39 is 21.7 Å². The van der Waals surface area contributed by atoms with Crippen LogP contribution in [0.2, 0.25) is 0 Å². The lowest BCUT2D eigenvalue weighted by atomic mass is 10.1. The van der Waals surface area contributed by atoms with Crippen molar-refractivity contribution in [3.63, 3.8) is 0 Å². The third-order valence-corrected chi connectivity index (χ3v) is 4.97. The Morgan fingerprint density at radius 2 is 2.06 bits per heavy atom. The molecule has 5 nitrogen and oxygen atoms in total. The summed E-state index contributed by atoms with van der Waals surface area (Å²) < 4.78 is 24.4. The van der Waals surface area contributed by atoms with E-state index in [2.05, 4.69) is 0 Å². The van der Waals surface area contributed by atoms with Gasteiger partial charge in [-0.15, -0.1) is 0 Å². The van der Waals surface area contributed by atoms with E-state index in [9.17, 15) is 18.3 Å². The summed E-state index contributed by atoms with van der Waals surface area (Å²) in [7, 11) is -3.68. The summed E-state index contributed by atoms with van der Waals surface area (Å²) >= 11 is 0. The van der Waals surface area contributed by atoms with Crippen molar-refractivity contribution in [1.82, 2.24) is 0 Å². The van der Waals surface area contributed by atoms with Crippen LogP contribution in [-0.2, 0) is 14.6 Å². The van der Waals surface area contributed by atoms with Crippen LogP contribution in [0.3, 0.4) is 0 Å². The molecule has 0 bridgehead atoms. The topological polar surface area (TPSA) is 91.7 Å². The van der Waals surface area contributed by atoms with Crippen LogP contribution < -0.4 is 0 Å². The first-order valence-corrected chi connectivity index (χ1v) is 6.83. The van der Waals surface area contributed by atoms with Crippen LogP contribution in [0, 0.1) is 5.92 Å². The average Bonchev–Trinajstić information content (AvgIpc) is 2.51. The SMILES string of the molecule is CC(CC(=O)O)C1=Cc2c(O)cccc2S1(=O)=O. The predicted octanol–water partition coefficient (Wildman–Crippen LogP) is 1.63. The minimum absolute atomic E-state index is 0.0368. The Balaban J connectivity index is 2.51. The van der Waals surface area contributed by atoms with Crippen LogP contribution in [0.1, 0.15) is 18.9 Å². The van der Waals surface area contributed by atoms with E-state index in [0.29, 0.717) is 0 Å². The lowest BCUT2D eigenvalue weighted by molar-refractivity contribution is -0.137. The number of phenols is 1. The van der Waals surface area contributed by atoms with Gasteiger partial charge in [0, 0.05) is 11.5 Å². The first-order chi connectivity index (χ1) is 8.34. The lowest BCUT2D eigenvalue weighted by Crippen LogP contribution is -2.12. The summed E-state index contributed by atoms with van der Waals surface area (Å²) in [5, 5.41) is 18.3. The summed E-state index contributed by atoms with van der Waals surface area (Å²) in [5.74, 6) is -1.80. The highest BCUT2D eigenvalue weighted by atomic mass is 32.2. The van der Waals surface area contributed by atoms with Gasteiger partial charge in [0.15, 0.2) is 0 Å². The molecule has 0 aromatic heterocycles. The molecule has 18 heavy (non-hydrogen) atoms. The molecule has 0 saturated carbocycles. The molecular formula is C12H12O5S. The Morgan fingerprint density at radius 1 is 1.39 bits per heavy atom. The highest BCUT2D eigenvalue weighted by Gasteiger charge is 2.34. The van der Waals surface area contributed by atoms with Gasteiger partial charge in [0.25, 0.3) is 0 Å². The molecule has 0 fully saturated rings. The van der Waals surface area contributed by atoms with Crippen molar-refractivity contribution in [2.45, 2.75) is 18.2 Å². The van der Waals surface area contributed by atoms with E-state index in [0.717, 1.165) is 0 Å². The first kappa shape index (κ1) is 12.6. The number of hydrogen-bond acceptors (Lipinski definition) is 4. The van der Waals surface area contributed by atoms with Crippen LogP contribution in [0.4, 0.5) is 0 Å². The van der Waals surface area contributed by atoms with E-state index in [-0.39, 0.29) is 27.5 Å².